The standard InChI is InChI=1S/C25H31N5O3/c1-30(25(27)28-16-26)19-11-9-18(10-12-19)23(17-7-5-4-6-8-17)29-24(31)21-14-13-20(32-2)15-22(21)33-3/h4-8,13-15,18-19,23H,9-12H2,1-3H3,(H2,27,28)(H,29,31)/t18-,19+,23?. The van der Waals surface area contributed by atoms with Gasteiger partial charge in [-0.3, -0.25) is 4.79 Å². The first-order chi connectivity index (χ1) is 16.0. The fourth-order valence-electron chi connectivity index (χ4n) is 4.48. The van der Waals surface area contributed by atoms with Crippen LogP contribution < -0.4 is 20.5 Å². The minimum Gasteiger partial charge on any atom is -0.497 e. The van der Waals surface area contributed by atoms with Crippen molar-refractivity contribution in [2.24, 2.45) is 16.6 Å². The lowest BCUT2D eigenvalue weighted by atomic mass is 9.78. The van der Waals surface area contributed by atoms with E-state index in [1.807, 2.05) is 42.3 Å². The first-order valence-electron chi connectivity index (χ1n) is 11.0. The summed E-state index contributed by atoms with van der Waals surface area (Å²) in [7, 11) is 4.99. The maximum Gasteiger partial charge on any atom is 0.255 e. The molecule has 174 valence electrons. The summed E-state index contributed by atoms with van der Waals surface area (Å²) >= 11 is 0. The van der Waals surface area contributed by atoms with Gasteiger partial charge in [-0.25, -0.2) is 0 Å². The molecule has 3 rings (SSSR count). The number of nitrogens with one attached hydrogen (secondary N) is 1. The molecule has 0 spiro atoms. The van der Waals surface area contributed by atoms with Crippen molar-refractivity contribution in [2.75, 3.05) is 21.3 Å². The second kappa shape index (κ2) is 11.2. The topological polar surface area (TPSA) is 113 Å². The Labute approximate surface area is 195 Å². The Morgan fingerprint density at radius 3 is 2.45 bits per heavy atom. The summed E-state index contributed by atoms with van der Waals surface area (Å²) in [4.78, 5) is 18.8. The number of amides is 1. The van der Waals surface area contributed by atoms with Gasteiger partial charge in [0.05, 0.1) is 25.8 Å². The van der Waals surface area contributed by atoms with Crippen LogP contribution in [0, 0.1) is 17.4 Å². The third kappa shape index (κ3) is 5.75. The number of carbonyl (C=O) groups is 1. The number of hydrogen-bond acceptors (Lipinski definition) is 5. The number of nitrogens with zero attached hydrogens (tertiary/aromatic N) is 3. The van der Waals surface area contributed by atoms with Crippen LogP contribution in [0.3, 0.4) is 0 Å². The zero-order valence-electron chi connectivity index (χ0n) is 19.3. The van der Waals surface area contributed by atoms with E-state index in [1.165, 1.54) is 0 Å². The molecule has 1 fully saturated rings. The maximum absolute atomic E-state index is 13.3. The first-order valence-corrected chi connectivity index (χ1v) is 11.0. The van der Waals surface area contributed by atoms with Crippen LogP contribution >= 0.6 is 0 Å². The molecule has 1 unspecified atom stereocenters. The van der Waals surface area contributed by atoms with Gasteiger partial charge in [-0.1, -0.05) is 30.3 Å². The van der Waals surface area contributed by atoms with Gasteiger partial charge in [0.15, 0.2) is 0 Å². The van der Waals surface area contributed by atoms with Crippen molar-refractivity contribution in [2.45, 2.75) is 37.8 Å². The van der Waals surface area contributed by atoms with Crippen molar-refractivity contribution in [3.05, 3.63) is 59.7 Å². The number of nitrogens with two attached hydrogens (primary N) is 1. The summed E-state index contributed by atoms with van der Waals surface area (Å²) in [5.74, 6) is 1.41. The van der Waals surface area contributed by atoms with Crippen LogP contribution in [-0.4, -0.2) is 44.1 Å². The van der Waals surface area contributed by atoms with Gasteiger partial charge in [-0.15, -0.1) is 4.99 Å². The second-order valence-corrected chi connectivity index (χ2v) is 8.18. The molecule has 2 aromatic rings. The quantitative estimate of drug-likeness (QED) is 0.380. The molecule has 1 amide bonds. The summed E-state index contributed by atoms with van der Waals surface area (Å²) in [6, 6.07) is 15.3. The van der Waals surface area contributed by atoms with Crippen LogP contribution in [0.1, 0.15) is 47.6 Å². The van der Waals surface area contributed by atoms with Crippen LogP contribution in [0.25, 0.3) is 0 Å². The van der Waals surface area contributed by atoms with E-state index >= 15 is 0 Å². The van der Waals surface area contributed by atoms with Crippen molar-refractivity contribution in [1.82, 2.24) is 10.2 Å². The molecule has 33 heavy (non-hydrogen) atoms. The molecular formula is C25H31N5O3. The summed E-state index contributed by atoms with van der Waals surface area (Å²) < 4.78 is 10.7. The monoisotopic (exact) mass is 449 g/mol. The SMILES string of the molecule is COc1ccc(C(=O)NC(c2ccccc2)[C@H]2CC[C@@H](N(C)C(N)=NC#N)CC2)c(OC)c1. The minimum atomic E-state index is -0.187. The van der Waals surface area contributed by atoms with Crippen LogP contribution in [0.15, 0.2) is 53.5 Å². The Morgan fingerprint density at radius 1 is 1.15 bits per heavy atom. The number of rotatable bonds is 7. The van der Waals surface area contributed by atoms with Crippen molar-refractivity contribution < 1.29 is 14.3 Å². The second-order valence-electron chi connectivity index (χ2n) is 8.18. The highest BCUT2D eigenvalue weighted by molar-refractivity contribution is 5.97. The van der Waals surface area contributed by atoms with Gasteiger partial charge in [-0.2, -0.15) is 5.26 Å². The molecule has 8 heteroatoms. The number of carbonyl (C=O) groups excluding carboxylic acids is 1. The number of hydrogen-bond donors (Lipinski definition) is 2. The number of ether oxygens (including phenoxy) is 2. The smallest absolute Gasteiger partial charge is 0.255 e. The van der Waals surface area contributed by atoms with Gasteiger partial charge < -0.3 is 25.4 Å². The molecule has 1 atom stereocenters. The highest BCUT2D eigenvalue weighted by Gasteiger charge is 2.32. The summed E-state index contributed by atoms with van der Waals surface area (Å²) in [6.45, 7) is 0. The van der Waals surface area contributed by atoms with E-state index in [0.29, 0.717) is 17.1 Å². The lowest BCUT2D eigenvalue weighted by molar-refractivity contribution is 0.0901. The molecule has 0 aromatic heterocycles. The fourth-order valence-corrected chi connectivity index (χ4v) is 4.48. The number of benzene rings is 2. The number of guanidine groups is 1. The molecule has 2 aromatic carbocycles. The largest absolute Gasteiger partial charge is 0.497 e. The highest BCUT2D eigenvalue weighted by atomic mass is 16.5. The zero-order chi connectivity index (χ0) is 23.8. The molecule has 8 nitrogen and oxygen atoms in total. The van der Waals surface area contributed by atoms with Gasteiger partial charge in [0.25, 0.3) is 5.91 Å². The predicted molar refractivity (Wildman–Crippen MR) is 127 cm³/mol. The van der Waals surface area contributed by atoms with E-state index in [4.69, 9.17) is 20.5 Å². The van der Waals surface area contributed by atoms with E-state index in [9.17, 15) is 4.79 Å². The van der Waals surface area contributed by atoms with Crippen molar-refractivity contribution in [3.8, 4) is 17.7 Å². The van der Waals surface area contributed by atoms with Crippen LogP contribution in [-0.2, 0) is 0 Å². The fraction of sp³-hybridized carbons (Fsp3) is 0.400. The Balaban J connectivity index is 1.78. The van der Waals surface area contributed by atoms with E-state index in [2.05, 4.69) is 10.3 Å². The highest BCUT2D eigenvalue weighted by Crippen LogP contribution is 2.36. The van der Waals surface area contributed by atoms with Gasteiger partial charge in [0, 0.05) is 19.2 Å². The number of methoxy groups -OCH3 is 2. The van der Waals surface area contributed by atoms with Gasteiger partial charge in [0.1, 0.15) is 11.5 Å². The predicted octanol–water partition coefficient (Wildman–Crippen LogP) is 3.46. The Kier molecular flexibility index (Phi) is 8.14. The number of aliphatic imine (C=N–C) groups is 1. The van der Waals surface area contributed by atoms with E-state index in [0.717, 1.165) is 31.2 Å². The third-order valence-electron chi connectivity index (χ3n) is 6.39. The average molecular weight is 450 g/mol. The molecule has 0 aliphatic heterocycles. The summed E-state index contributed by atoms with van der Waals surface area (Å²) in [5, 5.41) is 12.0. The lowest BCUT2D eigenvalue weighted by Crippen LogP contribution is -2.44. The Bertz CT molecular complexity index is 1010. The van der Waals surface area contributed by atoms with E-state index in [1.54, 1.807) is 38.6 Å². The zero-order valence-corrected chi connectivity index (χ0v) is 19.3. The van der Waals surface area contributed by atoms with Crippen molar-refractivity contribution in [1.29, 1.82) is 5.26 Å². The minimum absolute atomic E-state index is 0.137. The lowest BCUT2D eigenvalue weighted by Gasteiger charge is -2.38. The van der Waals surface area contributed by atoms with Crippen LogP contribution in [0.4, 0.5) is 0 Å². The summed E-state index contributed by atoms with van der Waals surface area (Å²) in [6.07, 6.45) is 5.36. The maximum atomic E-state index is 13.3. The molecule has 0 radical (unpaired) electrons. The molecular weight excluding hydrogens is 418 g/mol. The Morgan fingerprint density at radius 2 is 1.85 bits per heavy atom. The van der Waals surface area contributed by atoms with Gasteiger partial charge >= 0.3 is 0 Å². The van der Waals surface area contributed by atoms with E-state index in [-0.39, 0.29) is 29.9 Å². The number of nitriles is 1. The first kappa shape index (κ1) is 23.9. The molecule has 3 N–H and O–H groups in total. The van der Waals surface area contributed by atoms with Crippen LogP contribution in [0.2, 0.25) is 0 Å². The van der Waals surface area contributed by atoms with Gasteiger partial charge in [-0.05, 0) is 49.3 Å². The average Bonchev–Trinajstić information content (AvgIpc) is 2.87. The van der Waals surface area contributed by atoms with Crippen LogP contribution in [0.5, 0.6) is 11.5 Å². The molecule has 0 heterocycles. The van der Waals surface area contributed by atoms with Gasteiger partial charge in [0.2, 0.25) is 12.2 Å². The van der Waals surface area contributed by atoms with E-state index < -0.39 is 0 Å². The molecule has 0 saturated heterocycles. The molecule has 1 aliphatic rings. The molecule has 1 saturated carbocycles. The summed E-state index contributed by atoms with van der Waals surface area (Å²) in [5.41, 5.74) is 7.43. The van der Waals surface area contributed by atoms with Crippen molar-refractivity contribution >= 4 is 11.9 Å². The molecule has 1 aliphatic carbocycles. The normalized spacial score (nSPS) is 19.2. The third-order valence-corrected chi connectivity index (χ3v) is 6.39. The van der Waals surface area contributed by atoms with Crippen molar-refractivity contribution in [3.63, 3.8) is 0 Å². The molecule has 0 bridgehead atoms. The Hall–Kier alpha value is -3.73.